The first kappa shape index (κ1) is 14.1. The van der Waals surface area contributed by atoms with E-state index in [-0.39, 0.29) is 5.91 Å². The third kappa shape index (κ3) is 3.09. The number of carbonyl (C=O) groups is 1. The van der Waals surface area contributed by atoms with E-state index < -0.39 is 12.1 Å². The molecule has 1 saturated heterocycles. The summed E-state index contributed by atoms with van der Waals surface area (Å²) in [7, 11) is 0. The van der Waals surface area contributed by atoms with Crippen LogP contribution < -0.4 is 5.32 Å². The fraction of sp³-hybridized carbons (Fsp3) is 0.333. The zero-order valence-corrected chi connectivity index (χ0v) is 12.1. The summed E-state index contributed by atoms with van der Waals surface area (Å²) >= 11 is 5.99. The van der Waals surface area contributed by atoms with Gasteiger partial charge in [0.15, 0.2) is 6.04 Å². The number of β-amino-alcohol motifs (C(OH)–C–C–N with tert-alkyl or cyclic N) is 1. The highest BCUT2D eigenvalue weighted by atomic mass is 35.5. The molecule has 5 nitrogen and oxygen atoms in total. The Labute approximate surface area is 127 Å². The average Bonchev–Trinajstić information content (AvgIpc) is 2.93. The molecule has 0 saturated carbocycles. The van der Waals surface area contributed by atoms with Crippen molar-refractivity contribution in [1.82, 2.24) is 10.2 Å². The van der Waals surface area contributed by atoms with Gasteiger partial charge in [-0.15, -0.1) is 0 Å². The highest BCUT2D eigenvalue weighted by Gasteiger charge is 2.29. The summed E-state index contributed by atoms with van der Waals surface area (Å²) in [5.74, 6) is -0.0798. The van der Waals surface area contributed by atoms with Crippen molar-refractivity contribution in [2.45, 2.75) is 18.6 Å². The number of rotatable bonds is 2. The Kier molecular flexibility index (Phi) is 3.94. The lowest BCUT2D eigenvalue weighted by molar-refractivity contribution is -0.130. The molecular weight excluding hydrogens is 290 g/mol. The van der Waals surface area contributed by atoms with Gasteiger partial charge in [0, 0.05) is 23.8 Å². The quantitative estimate of drug-likeness (QED) is 0.865. The minimum Gasteiger partial charge on any atom is -0.391 e. The van der Waals surface area contributed by atoms with Crippen molar-refractivity contribution in [3.8, 4) is 0 Å². The molecule has 0 aromatic heterocycles. The van der Waals surface area contributed by atoms with Gasteiger partial charge in [-0.25, -0.2) is 0 Å². The number of hydrogen-bond acceptors (Lipinski definition) is 4. The van der Waals surface area contributed by atoms with Gasteiger partial charge in [-0.05, 0) is 30.2 Å². The lowest BCUT2D eigenvalue weighted by Crippen LogP contribution is -2.38. The molecule has 2 heterocycles. The molecule has 110 valence electrons. The van der Waals surface area contributed by atoms with Gasteiger partial charge >= 0.3 is 0 Å². The molecule has 2 N–H and O–H groups in total. The summed E-state index contributed by atoms with van der Waals surface area (Å²) in [4.78, 5) is 18.2. The van der Waals surface area contributed by atoms with Crippen LogP contribution in [0.3, 0.4) is 0 Å². The van der Waals surface area contributed by atoms with Crippen LogP contribution in [-0.4, -0.2) is 47.5 Å². The van der Waals surface area contributed by atoms with Crippen LogP contribution in [-0.2, 0) is 4.79 Å². The molecule has 3 rings (SSSR count). The fourth-order valence-corrected chi connectivity index (χ4v) is 2.73. The molecule has 21 heavy (non-hydrogen) atoms. The van der Waals surface area contributed by atoms with Crippen LogP contribution in [0.15, 0.2) is 35.3 Å². The zero-order chi connectivity index (χ0) is 14.8. The molecule has 1 aromatic rings. The van der Waals surface area contributed by atoms with E-state index in [4.69, 9.17) is 11.6 Å². The summed E-state index contributed by atoms with van der Waals surface area (Å²) in [6.07, 6.45) is 3.53. The number of aliphatic hydroxyl groups is 1. The Hall–Kier alpha value is -1.85. The van der Waals surface area contributed by atoms with Crippen LogP contribution in [0.25, 0.3) is 5.70 Å². The van der Waals surface area contributed by atoms with Crippen molar-refractivity contribution in [2.75, 3.05) is 13.1 Å². The van der Waals surface area contributed by atoms with Crippen LogP contribution >= 0.6 is 11.6 Å². The lowest BCUT2D eigenvalue weighted by Gasteiger charge is -2.22. The van der Waals surface area contributed by atoms with Crippen molar-refractivity contribution in [3.05, 3.63) is 40.9 Å². The Balaban J connectivity index is 1.79. The molecule has 1 aromatic carbocycles. The SMILES string of the molecule is O=C(C1C=C(c2cccc(Cl)c2)NC=N1)N1CC[C@H](O)C1. The Morgan fingerprint density at radius 3 is 3.05 bits per heavy atom. The Morgan fingerprint density at radius 2 is 2.33 bits per heavy atom. The van der Waals surface area contributed by atoms with Gasteiger partial charge in [-0.1, -0.05) is 23.7 Å². The number of benzene rings is 1. The second-order valence-corrected chi connectivity index (χ2v) is 5.62. The van der Waals surface area contributed by atoms with Crippen LogP contribution in [0, 0.1) is 0 Å². The van der Waals surface area contributed by atoms with E-state index in [0.717, 1.165) is 11.3 Å². The first-order chi connectivity index (χ1) is 10.1. The third-order valence-electron chi connectivity index (χ3n) is 3.64. The number of hydrogen-bond donors (Lipinski definition) is 2. The standard InChI is InChI=1S/C15H16ClN3O2/c16-11-3-1-2-10(6-11)13-7-14(18-9-17-13)15(21)19-5-4-12(20)8-19/h1-3,6-7,9,12,14,20H,4-5,8H2,(H,17,18)/t12-,14?/m0/s1. The average molecular weight is 306 g/mol. The molecule has 1 fully saturated rings. The normalized spacial score (nSPS) is 24.7. The zero-order valence-electron chi connectivity index (χ0n) is 11.4. The Morgan fingerprint density at radius 1 is 1.48 bits per heavy atom. The van der Waals surface area contributed by atoms with E-state index in [1.54, 1.807) is 17.0 Å². The van der Waals surface area contributed by atoms with Crippen molar-refractivity contribution >= 4 is 29.5 Å². The van der Waals surface area contributed by atoms with Crippen LogP contribution in [0.4, 0.5) is 0 Å². The minimum atomic E-state index is -0.550. The summed E-state index contributed by atoms with van der Waals surface area (Å²) in [5, 5.41) is 13.2. The summed E-state index contributed by atoms with van der Waals surface area (Å²) in [5.41, 5.74) is 1.72. The smallest absolute Gasteiger partial charge is 0.251 e. The number of nitrogens with one attached hydrogen (secondary N) is 1. The third-order valence-corrected chi connectivity index (χ3v) is 3.88. The van der Waals surface area contributed by atoms with E-state index in [1.807, 2.05) is 18.2 Å². The molecule has 2 aliphatic rings. The van der Waals surface area contributed by atoms with E-state index in [0.29, 0.717) is 24.5 Å². The number of halogens is 1. The van der Waals surface area contributed by atoms with Gasteiger partial charge in [0.05, 0.1) is 12.4 Å². The summed E-state index contributed by atoms with van der Waals surface area (Å²) < 4.78 is 0. The number of aliphatic hydroxyl groups excluding tert-OH is 1. The van der Waals surface area contributed by atoms with E-state index in [1.165, 1.54) is 6.34 Å². The molecular formula is C15H16ClN3O2. The van der Waals surface area contributed by atoms with Crippen molar-refractivity contribution in [3.63, 3.8) is 0 Å². The van der Waals surface area contributed by atoms with Gasteiger partial charge in [0.2, 0.25) is 0 Å². The molecule has 2 atom stereocenters. The number of likely N-dealkylation sites (tertiary alicyclic amines) is 1. The fourth-order valence-electron chi connectivity index (χ4n) is 2.54. The topological polar surface area (TPSA) is 64.9 Å². The van der Waals surface area contributed by atoms with Crippen LogP contribution in [0.1, 0.15) is 12.0 Å². The molecule has 0 aliphatic carbocycles. The number of carbonyl (C=O) groups excluding carboxylic acids is 1. The maximum absolute atomic E-state index is 12.4. The second kappa shape index (κ2) is 5.87. The lowest BCUT2D eigenvalue weighted by atomic mass is 10.1. The first-order valence-corrected chi connectivity index (χ1v) is 7.24. The molecule has 2 aliphatic heterocycles. The highest BCUT2D eigenvalue weighted by molar-refractivity contribution is 6.30. The van der Waals surface area contributed by atoms with E-state index >= 15 is 0 Å². The van der Waals surface area contributed by atoms with Gasteiger partial charge < -0.3 is 15.3 Å². The van der Waals surface area contributed by atoms with Gasteiger partial charge in [0.1, 0.15) is 0 Å². The van der Waals surface area contributed by atoms with Gasteiger partial charge in [-0.3, -0.25) is 9.79 Å². The molecule has 1 unspecified atom stereocenters. The van der Waals surface area contributed by atoms with E-state index in [2.05, 4.69) is 10.3 Å². The molecule has 0 spiro atoms. The largest absolute Gasteiger partial charge is 0.391 e. The van der Waals surface area contributed by atoms with Gasteiger partial charge in [-0.2, -0.15) is 0 Å². The first-order valence-electron chi connectivity index (χ1n) is 6.86. The second-order valence-electron chi connectivity index (χ2n) is 5.18. The van der Waals surface area contributed by atoms with E-state index in [9.17, 15) is 9.90 Å². The number of nitrogens with zero attached hydrogens (tertiary/aromatic N) is 2. The summed E-state index contributed by atoms with van der Waals surface area (Å²) in [6.45, 7) is 0.971. The monoisotopic (exact) mass is 305 g/mol. The molecule has 0 radical (unpaired) electrons. The maximum atomic E-state index is 12.4. The summed E-state index contributed by atoms with van der Waals surface area (Å²) in [6, 6.07) is 6.87. The van der Waals surface area contributed by atoms with Crippen molar-refractivity contribution in [1.29, 1.82) is 0 Å². The maximum Gasteiger partial charge on any atom is 0.251 e. The molecule has 1 amide bonds. The molecule has 6 heteroatoms. The number of amides is 1. The minimum absolute atomic E-state index is 0.0798. The predicted octanol–water partition coefficient (Wildman–Crippen LogP) is 1.27. The van der Waals surface area contributed by atoms with Crippen molar-refractivity contribution in [2.24, 2.45) is 4.99 Å². The van der Waals surface area contributed by atoms with Crippen LogP contribution in [0.2, 0.25) is 5.02 Å². The number of aliphatic imine (C=N–C) groups is 1. The van der Waals surface area contributed by atoms with Crippen molar-refractivity contribution < 1.29 is 9.90 Å². The van der Waals surface area contributed by atoms with Gasteiger partial charge in [0.25, 0.3) is 5.91 Å². The van der Waals surface area contributed by atoms with Crippen LogP contribution in [0.5, 0.6) is 0 Å². The predicted molar refractivity (Wildman–Crippen MR) is 82.0 cm³/mol. The molecule has 0 bridgehead atoms. The highest BCUT2D eigenvalue weighted by Crippen LogP contribution is 2.20. The Bertz CT molecular complexity index is 615.